The Bertz CT molecular complexity index is 29.1. The summed E-state index contributed by atoms with van der Waals surface area (Å²) in [5, 5.41) is 8.46. The molecule has 0 aromatic rings. The van der Waals surface area contributed by atoms with E-state index in [2.05, 4.69) is 13.8 Å². The van der Waals surface area contributed by atoms with Gasteiger partial charge in [0.2, 0.25) is 0 Å². The van der Waals surface area contributed by atoms with E-state index in [1.165, 1.54) is 0 Å². The maximum Gasteiger partial charge on any atom is 0 e. The molecule has 0 spiro atoms. The minimum absolute atomic E-state index is 0. The molecule has 0 saturated heterocycles. The number of aliphatic hydroxyl groups is 1. The molecule has 0 aliphatic heterocycles. The van der Waals surface area contributed by atoms with Crippen LogP contribution in [0.25, 0.3) is 0 Å². The van der Waals surface area contributed by atoms with E-state index in [4.69, 9.17) is 5.11 Å². The fraction of sp³-hybridized carbons (Fsp3) is 0.600. The summed E-state index contributed by atoms with van der Waals surface area (Å²) in [7, 11) is 0. The predicted octanol–water partition coefficient (Wildman–Crippen LogP) is 0.649. The first-order valence-corrected chi connectivity index (χ1v) is 1.99. The van der Waals surface area contributed by atoms with Crippen molar-refractivity contribution < 1.29 is 37.8 Å². The molecule has 0 rings (SSSR count). The van der Waals surface area contributed by atoms with E-state index in [1.54, 1.807) is 0 Å². The molecule has 0 aromatic carbocycles. The first-order chi connectivity index (χ1) is 2.64. The molecule has 1 nitrogen and oxygen atoms in total. The Kier molecular flexibility index (Phi) is 8.14. The quantitative estimate of drug-likeness (QED) is 0.580. The zero-order valence-electron chi connectivity index (χ0n) is 4.59. The summed E-state index contributed by atoms with van der Waals surface area (Å²) in [4.78, 5) is 0. The topological polar surface area (TPSA) is 20.2 Å². The Balaban J connectivity index is 0. The molecule has 0 aromatic heterocycles. The average Bonchev–Trinajstić information content (AvgIpc) is 1.36. The zero-order chi connectivity index (χ0) is 5.15. The van der Waals surface area contributed by atoms with Gasteiger partial charge in [-0.15, -0.1) is 0 Å². The molecule has 41 valence electrons. The summed E-state index contributed by atoms with van der Waals surface area (Å²) in [6.45, 7) is 8.67. The van der Waals surface area contributed by atoms with Crippen LogP contribution in [-0.4, -0.2) is 11.2 Å². The number of rotatable bonds is 1. The van der Waals surface area contributed by atoms with Gasteiger partial charge in [0.1, 0.15) is 0 Å². The summed E-state index contributed by atoms with van der Waals surface area (Å²) in [6.07, 6.45) is -0.509. The van der Waals surface area contributed by atoms with Gasteiger partial charge in [-0.2, -0.15) is 5.92 Å². The van der Waals surface area contributed by atoms with Gasteiger partial charge in [0, 0.05) is 32.7 Å². The van der Waals surface area contributed by atoms with Crippen molar-refractivity contribution in [3.05, 3.63) is 13.8 Å². The third-order valence-electron chi connectivity index (χ3n) is 0.657. The van der Waals surface area contributed by atoms with Crippen LogP contribution >= 0.6 is 0 Å². The first kappa shape index (κ1) is 10.9. The van der Waals surface area contributed by atoms with Gasteiger partial charge in [-0.1, -0.05) is 13.0 Å². The largest absolute Gasteiger partial charge is 0.428 e. The summed E-state index contributed by atoms with van der Waals surface area (Å²) in [6, 6.07) is 0. The smallest absolute Gasteiger partial charge is 0 e. The summed E-state index contributed by atoms with van der Waals surface area (Å²) in [5.41, 5.74) is 0. The maximum absolute atomic E-state index is 8.46. The van der Waals surface area contributed by atoms with Crippen molar-refractivity contribution in [1.29, 1.82) is 0 Å². The van der Waals surface area contributed by atoms with Crippen LogP contribution in [0.5, 0.6) is 0 Å². The van der Waals surface area contributed by atoms with E-state index >= 15 is 0 Å². The Morgan fingerprint density at radius 1 is 1.43 bits per heavy atom. The molecule has 0 heterocycles. The number of hydrogen-bond acceptors (Lipinski definition) is 1. The van der Waals surface area contributed by atoms with E-state index in [9.17, 15) is 0 Å². The molecule has 0 fully saturated rings. The second kappa shape index (κ2) is 5.21. The van der Waals surface area contributed by atoms with Crippen molar-refractivity contribution in [2.75, 3.05) is 0 Å². The monoisotopic (exact) mass is 175 g/mol. The molecular formula is C5H10OY-2. The van der Waals surface area contributed by atoms with Crippen molar-refractivity contribution in [2.45, 2.75) is 13.0 Å². The second-order valence-corrected chi connectivity index (χ2v) is 1.54. The van der Waals surface area contributed by atoms with Crippen LogP contribution < -0.4 is 0 Å². The van der Waals surface area contributed by atoms with Crippen LogP contribution in [-0.2, 0) is 32.7 Å². The summed E-state index contributed by atoms with van der Waals surface area (Å²) in [5.74, 6) is 0.0463. The van der Waals surface area contributed by atoms with Crippen molar-refractivity contribution in [3.8, 4) is 0 Å². The SMILES string of the molecule is [CH2-]C(C)C([CH2-])O.[Y]. The predicted molar refractivity (Wildman–Crippen MR) is 25.9 cm³/mol. The van der Waals surface area contributed by atoms with Crippen LogP contribution in [0.2, 0.25) is 0 Å². The van der Waals surface area contributed by atoms with Crippen molar-refractivity contribution >= 4 is 0 Å². The average molecular weight is 175 g/mol. The molecule has 0 aliphatic carbocycles. The van der Waals surface area contributed by atoms with E-state index in [-0.39, 0.29) is 38.6 Å². The minimum atomic E-state index is -0.509. The van der Waals surface area contributed by atoms with Gasteiger partial charge in [-0.3, -0.25) is 0 Å². The van der Waals surface area contributed by atoms with Crippen molar-refractivity contribution in [3.63, 3.8) is 0 Å². The van der Waals surface area contributed by atoms with E-state index < -0.39 is 6.10 Å². The number of aliphatic hydroxyl groups excluding tert-OH is 1. The molecule has 0 amide bonds. The molecule has 2 atom stereocenters. The Hall–Kier alpha value is 1.06. The van der Waals surface area contributed by atoms with Crippen molar-refractivity contribution in [1.82, 2.24) is 0 Å². The molecule has 1 N–H and O–H groups in total. The van der Waals surface area contributed by atoms with E-state index in [0.717, 1.165) is 0 Å². The van der Waals surface area contributed by atoms with Gasteiger partial charge in [0.05, 0.1) is 0 Å². The molecule has 2 heteroatoms. The normalized spacial score (nSPS) is 17.1. The molecule has 0 bridgehead atoms. The molecule has 0 saturated carbocycles. The Morgan fingerprint density at radius 3 is 1.57 bits per heavy atom. The van der Waals surface area contributed by atoms with Gasteiger partial charge in [0.15, 0.2) is 0 Å². The van der Waals surface area contributed by atoms with Crippen LogP contribution in [0.4, 0.5) is 0 Å². The minimum Gasteiger partial charge on any atom is -0.428 e. The summed E-state index contributed by atoms with van der Waals surface area (Å²) >= 11 is 0. The number of hydrogen-bond donors (Lipinski definition) is 1. The zero-order valence-corrected chi connectivity index (χ0v) is 7.43. The third-order valence-corrected chi connectivity index (χ3v) is 0.657. The third kappa shape index (κ3) is 7.06. The molecule has 0 aliphatic rings. The van der Waals surface area contributed by atoms with Crippen molar-refractivity contribution in [2.24, 2.45) is 5.92 Å². The fourth-order valence-corrected chi connectivity index (χ4v) is 0. The van der Waals surface area contributed by atoms with Gasteiger partial charge >= 0.3 is 0 Å². The Labute approximate surface area is 70.4 Å². The van der Waals surface area contributed by atoms with Gasteiger partial charge in [-0.25, -0.2) is 0 Å². The molecule has 1 radical (unpaired) electrons. The Morgan fingerprint density at radius 2 is 1.57 bits per heavy atom. The van der Waals surface area contributed by atoms with Gasteiger partial charge < -0.3 is 19.0 Å². The van der Waals surface area contributed by atoms with Crippen LogP contribution in [0.3, 0.4) is 0 Å². The standard InChI is InChI=1S/C5H10O.Y/c1-4(2)5(3)6;/h4-6H,1,3H2,2H3;/q-2;. The fourth-order valence-electron chi connectivity index (χ4n) is 0. The first-order valence-electron chi connectivity index (χ1n) is 1.99. The van der Waals surface area contributed by atoms with E-state index in [0.29, 0.717) is 0 Å². The second-order valence-electron chi connectivity index (χ2n) is 1.54. The van der Waals surface area contributed by atoms with E-state index in [1.807, 2.05) is 6.92 Å². The van der Waals surface area contributed by atoms with Crippen LogP contribution in [0.15, 0.2) is 0 Å². The molecule has 2 unspecified atom stereocenters. The summed E-state index contributed by atoms with van der Waals surface area (Å²) < 4.78 is 0. The molecular weight excluding hydrogens is 165 g/mol. The van der Waals surface area contributed by atoms with Crippen LogP contribution in [0.1, 0.15) is 6.92 Å². The maximum atomic E-state index is 8.46. The van der Waals surface area contributed by atoms with Gasteiger partial charge in [0.25, 0.3) is 0 Å². The van der Waals surface area contributed by atoms with Crippen LogP contribution in [0, 0.1) is 19.8 Å². The molecule has 7 heavy (non-hydrogen) atoms. The van der Waals surface area contributed by atoms with Gasteiger partial charge in [-0.05, 0) is 0 Å².